The summed E-state index contributed by atoms with van der Waals surface area (Å²) in [6.45, 7) is 6.38. The van der Waals surface area contributed by atoms with Crippen LogP contribution >= 0.6 is 0 Å². The number of nitrogens with zero attached hydrogens (tertiary/aromatic N) is 4. The highest BCUT2D eigenvalue weighted by molar-refractivity contribution is 5.77. The molecule has 0 saturated heterocycles. The number of ether oxygens (including phenoxy) is 1. The van der Waals surface area contributed by atoms with Gasteiger partial charge in [-0.15, -0.1) is 0 Å². The van der Waals surface area contributed by atoms with E-state index in [4.69, 9.17) is 9.84 Å². The van der Waals surface area contributed by atoms with E-state index in [1.54, 1.807) is 6.20 Å². The minimum atomic E-state index is -0.0758. The van der Waals surface area contributed by atoms with Gasteiger partial charge in [0.15, 0.2) is 0 Å². The van der Waals surface area contributed by atoms with Gasteiger partial charge in [-0.2, -0.15) is 5.10 Å². The molecule has 7 heteroatoms. The molecule has 1 saturated carbocycles. The molecular weight excluding hydrogens is 392 g/mol. The third-order valence-corrected chi connectivity index (χ3v) is 6.68. The van der Waals surface area contributed by atoms with E-state index in [1.165, 1.54) is 5.56 Å². The average Bonchev–Trinajstić information content (AvgIpc) is 3.09. The van der Waals surface area contributed by atoms with Gasteiger partial charge in [0.1, 0.15) is 0 Å². The molecular formula is C24H32N4O3. The lowest BCUT2D eigenvalue weighted by molar-refractivity contribution is -0.149. The van der Waals surface area contributed by atoms with Crippen molar-refractivity contribution >= 4 is 11.9 Å². The molecule has 31 heavy (non-hydrogen) atoms. The maximum Gasteiger partial charge on any atom is 0.308 e. The van der Waals surface area contributed by atoms with Gasteiger partial charge < -0.3 is 9.64 Å². The molecule has 2 aromatic rings. The van der Waals surface area contributed by atoms with Crippen molar-refractivity contribution in [3.05, 3.63) is 47.0 Å². The van der Waals surface area contributed by atoms with E-state index in [0.717, 1.165) is 55.6 Å². The second-order valence-corrected chi connectivity index (χ2v) is 8.77. The van der Waals surface area contributed by atoms with Crippen molar-refractivity contribution in [3.8, 4) is 0 Å². The molecule has 4 rings (SSSR count). The molecule has 0 atom stereocenters. The molecule has 0 aromatic carbocycles. The van der Waals surface area contributed by atoms with Gasteiger partial charge >= 0.3 is 5.97 Å². The molecule has 1 amide bonds. The van der Waals surface area contributed by atoms with Crippen molar-refractivity contribution < 1.29 is 14.3 Å². The first kappa shape index (κ1) is 21.5. The first-order chi connectivity index (χ1) is 15.0. The molecule has 166 valence electrons. The summed E-state index contributed by atoms with van der Waals surface area (Å²) in [7, 11) is 0. The second-order valence-electron chi connectivity index (χ2n) is 8.77. The zero-order valence-corrected chi connectivity index (χ0v) is 18.5. The van der Waals surface area contributed by atoms with Crippen LogP contribution < -0.4 is 0 Å². The Hall–Kier alpha value is -2.70. The van der Waals surface area contributed by atoms with Crippen molar-refractivity contribution in [2.75, 3.05) is 13.2 Å². The average molecular weight is 425 g/mol. The lowest BCUT2D eigenvalue weighted by Gasteiger charge is -2.31. The topological polar surface area (TPSA) is 77.3 Å². The first-order valence-electron chi connectivity index (χ1n) is 11.4. The third kappa shape index (κ3) is 4.97. The maximum atomic E-state index is 13.1. The highest BCUT2D eigenvalue weighted by Crippen LogP contribution is 2.32. The van der Waals surface area contributed by atoms with E-state index >= 15 is 0 Å². The quantitative estimate of drug-likeness (QED) is 0.665. The number of aryl methyl sites for hydroxylation is 1. The SMILES string of the molecule is CCOC(=O)C1CCC(CC(=O)N2CCc3c(C)nn(Cc4cccnc4)c3C2)CC1. The van der Waals surface area contributed by atoms with Gasteiger partial charge in [0.2, 0.25) is 5.91 Å². The third-order valence-electron chi connectivity index (χ3n) is 6.68. The van der Waals surface area contributed by atoms with E-state index in [0.29, 0.717) is 32.0 Å². The van der Waals surface area contributed by atoms with E-state index in [9.17, 15) is 9.59 Å². The Morgan fingerprint density at radius 2 is 2.03 bits per heavy atom. The van der Waals surface area contributed by atoms with Crippen LogP contribution in [0.1, 0.15) is 61.5 Å². The Bertz CT molecular complexity index is 916. The molecule has 0 bridgehead atoms. The van der Waals surface area contributed by atoms with Gasteiger partial charge in [0, 0.05) is 25.4 Å². The number of esters is 1. The van der Waals surface area contributed by atoms with Crippen molar-refractivity contribution in [2.45, 2.75) is 65.5 Å². The number of rotatable bonds is 6. The van der Waals surface area contributed by atoms with E-state index in [2.05, 4.69) is 18.0 Å². The molecule has 1 aliphatic carbocycles. The smallest absolute Gasteiger partial charge is 0.308 e. The number of carbonyl (C=O) groups excluding carboxylic acids is 2. The highest BCUT2D eigenvalue weighted by Gasteiger charge is 2.31. The normalized spacial score (nSPS) is 20.9. The van der Waals surface area contributed by atoms with Crippen LogP contribution in [-0.2, 0) is 33.8 Å². The number of aromatic nitrogens is 3. The van der Waals surface area contributed by atoms with Crippen molar-refractivity contribution in [3.63, 3.8) is 0 Å². The van der Waals surface area contributed by atoms with Crippen LogP contribution in [-0.4, -0.2) is 44.7 Å². The summed E-state index contributed by atoms with van der Waals surface area (Å²) in [6.07, 6.45) is 8.57. The molecule has 7 nitrogen and oxygen atoms in total. The molecule has 1 fully saturated rings. The molecule has 0 unspecified atom stereocenters. The van der Waals surface area contributed by atoms with Crippen molar-refractivity contribution in [1.82, 2.24) is 19.7 Å². The van der Waals surface area contributed by atoms with E-state index < -0.39 is 0 Å². The van der Waals surface area contributed by atoms with Crippen LogP contribution in [0.25, 0.3) is 0 Å². The standard InChI is InChI=1S/C24H32N4O3/c1-3-31-24(30)20-8-6-18(7-9-20)13-23(29)27-12-10-21-17(2)26-28(22(21)16-27)15-19-5-4-11-25-14-19/h4-5,11,14,18,20H,3,6-10,12-13,15-16H2,1-2H3. The van der Waals surface area contributed by atoms with Crippen molar-refractivity contribution in [1.29, 1.82) is 0 Å². The van der Waals surface area contributed by atoms with Crippen LogP contribution in [0.2, 0.25) is 0 Å². The maximum absolute atomic E-state index is 13.1. The number of carbonyl (C=O) groups is 2. The fourth-order valence-electron chi connectivity index (χ4n) is 4.92. The summed E-state index contributed by atoms with van der Waals surface area (Å²) in [6, 6.07) is 3.99. The Balaban J connectivity index is 1.35. The minimum Gasteiger partial charge on any atom is -0.466 e. The van der Waals surface area contributed by atoms with E-state index in [-0.39, 0.29) is 17.8 Å². The van der Waals surface area contributed by atoms with Crippen LogP contribution in [0.4, 0.5) is 0 Å². The molecule has 0 radical (unpaired) electrons. The minimum absolute atomic E-state index is 0.00801. The monoisotopic (exact) mass is 424 g/mol. The predicted octanol–water partition coefficient (Wildman–Crippen LogP) is 3.28. The number of amides is 1. The van der Waals surface area contributed by atoms with Gasteiger partial charge in [-0.1, -0.05) is 6.07 Å². The summed E-state index contributed by atoms with van der Waals surface area (Å²) < 4.78 is 7.19. The summed E-state index contributed by atoms with van der Waals surface area (Å²) >= 11 is 0. The number of hydrogen-bond donors (Lipinski definition) is 0. The lowest BCUT2D eigenvalue weighted by atomic mass is 9.80. The van der Waals surface area contributed by atoms with Crippen LogP contribution in [0.3, 0.4) is 0 Å². The Morgan fingerprint density at radius 1 is 1.23 bits per heavy atom. The van der Waals surface area contributed by atoms with Gasteiger partial charge in [0.25, 0.3) is 0 Å². The van der Waals surface area contributed by atoms with Gasteiger partial charge in [-0.3, -0.25) is 19.3 Å². The zero-order valence-electron chi connectivity index (χ0n) is 18.5. The largest absolute Gasteiger partial charge is 0.466 e. The van der Waals surface area contributed by atoms with E-state index in [1.807, 2.05) is 28.8 Å². The molecule has 0 spiro atoms. The number of fused-ring (bicyclic) bond motifs is 1. The number of pyridine rings is 1. The second kappa shape index (κ2) is 9.62. The van der Waals surface area contributed by atoms with Gasteiger partial charge in [0.05, 0.1) is 37.0 Å². The molecule has 1 aliphatic heterocycles. The Kier molecular flexibility index (Phi) is 6.68. The number of hydrogen-bond acceptors (Lipinski definition) is 5. The fraction of sp³-hybridized carbons (Fsp3) is 0.583. The molecule has 2 aromatic heterocycles. The molecule has 0 N–H and O–H groups in total. The summed E-state index contributed by atoms with van der Waals surface area (Å²) in [5.74, 6) is 0.514. The van der Waals surface area contributed by atoms with Gasteiger partial charge in [-0.05, 0) is 69.1 Å². The summed E-state index contributed by atoms with van der Waals surface area (Å²) in [5.41, 5.74) is 4.59. The molecule has 3 heterocycles. The van der Waals surface area contributed by atoms with Crippen LogP contribution in [0.15, 0.2) is 24.5 Å². The van der Waals surface area contributed by atoms with Crippen LogP contribution in [0.5, 0.6) is 0 Å². The first-order valence-corrected chi connectivity index (χ1v) is 11.4. The summed E-state index contributed by atoms with van der Waals surface area (Å²) in [5, 5.41) is 4.74. The Labute approximate surface area is 183 Å². The van der Waals surface area contributed by atoms with Crippen LogP contribution in [0, 0.1) is 18.8 Å². The lowest BCUT2D eigenvalue weighted by Crippen LogP contribution is -2.38. The van der Waals surface area contributed by atoms with Gasteiger partial charge in [-0.25, -0.2) is 0 Å². The van der Waals surface area contributed by atoms with Crippen molar-refractivity contribution in [2.24, 2.45) is 11.8 Å². The highest BCUT2D eigenvalue weighted by atomic mass is 16.5. The summed E-state index contributed by atoms with van der Waals surface area (Å²) in [4.78, 5) is 31.2. The molecule has 2 aliphatic rings. The predicted molar refractivity (Wildman–Crippen MR) is 116 cm³/mol. The zero-order chi connectivity index (χ0) is 21.8. The Morgan fingerprint density at radius 3 is 2.74 bits per heavy atom. The fourth-order valence-corrected chi connectivity index (χ4v) is 4.92.